The standard InChI is InChI=1S/C37H37ClN7O5P/c1-48-33-16-15-29(20-32(33)38)21-41-35-31(36(46)42-23-34-39-17-9-18-40-34)22-43-37(44-35)45-19-8-14-30(45)26-51(47,49-24-27-10-4-2-5-11-27)50-25-28-12-6-3-7-13-28/h2-7,9-13,15-18,20,22-23,30H,8,14,19,21,24-26H2,1H3,(H,41,43,44)/t30-/m0/s1. The Kier molecular flexibility index (Phi) is 12.1. The monoisotopic (exact) mass is 725 g/mol. The van der Waals surface area contributed by atoms with E-state index in [-0.39, 0.29) is 36.8 Å². The number of benzene rings is 3. The molecular weight excluding hydrogens is 689 g/mol. The van der Waals surface area contributed by atoms with Crippen molar-refractivity contribution < 1.29 is 23.1 Å². The summed E-state index contributed by atoms with van der Waals surface area (Å²) >= 11 is 6.37. The van der Waals surface area contributed by atoms with Crippen LogP contribution in [0.3, 0.4) is 0 Å². The maximum atomic E-state index is 14.4. The molecule has 262 valence electrons. The number of nitrogens with one attached hydrogen (secondary N) is 1. The number of carbonyl (C=O) groups is 1. The summed E-state index contributed by atoms with van der Waals surface area (Å²) in [5.41, 5.74) is 2.78. The van der Waals surface area contributed by atoms with Crippen LogP contribution in [0.1, 0.15) is 45.7 Å². The van der Waals surface area contributed by atoms with Crippen LogP contribution in [0.15, 0.2) is 109 Å². The molecule has 0 saturated carbocycles. The number of hydrogen-bond donors (Lipinski definition) is 1. The lowest BCUT2D eigenvalue weighted by atomic mass is 10.2. The van der Waals surface area contributed by atoms with Gasteiger partial charge in [-0.2, -0.15) is 4.98 Å². The molecule has 6 rings (SSSR count). The molecule has 5 aromatic rings. The second kappa shape index (κ2) is 17.3. The first kappa shape index (κ1) is 35.8. The minimum atomic E-state index is -3.62. The molecule has 3 aromatic carbocycles. The molecule has 0 spiro atoms. The highest BCUT2D eigenvalue weighted by molar-refractivity contribution is 7.53. The molecule has 12 nitrogen and oxygen atoms in total. The van der Waals surface area contributed by atoms with Crippen molar-refractivity contribution >= 4 is 43.1 Å². The maximum Gasteiger partial charge on any atom is 0.333 e. The summed E-state index contributed by atoms with van der Waals surface area (Å²) in [6.07, 6.45) is 7.55. The number of aliphatic imine (C=N–C) groups is 1. The smallest absolute Gasteiger partial charge is 0.333 e. The molecule has 1 atom stereocenters. The number of carbonyl (C=O) groups excluding carboxylic acids is 1. The van der Waals surface area contributed by atoms with Crippen LogP contribution in [0.25, 0.3) is 0 Å². The molecule has 0 unspecified atom stereocenters. The third-order valence-corrected chi connectivity index (χ3v) is 10.4. The minimum absolute atomic E-state index is 0.130. The normalized spacial score (nSPS) is 14.5. The quantitative estimate of drug-likeness (QED) is 0.0853. The van der Waals surface area contributed by atoms with E-state index in [0.717, 1.165) is 29.5 Å². The van der Waals surface area contributed by atoms with E-state index in [0.29, 0.717) is 35.6 Å². The molecule has 1 fully saturated rings. The van der Waals surface area contributed by atoms with Crippen LogP contribution in [0.2, 0.25) is 5.02 Å². The van der Waals surface area contributed by atoms with Gasteiger partial charge in [0.1, 0.15) is 17.1 Å². The highest BCUT2D eigenvalue weighted by Gasteiger charge is 2.36. The van der Waals surface area contributed by atoms with Crippen molar-refractivity contribution in [1.29, 1.82) is 0 Å². The molecular formula is C37H37ClN7O5P. The highest BCUT2D eigenvalue weighted by atomic mass is 35.5. The number of nitrogens with zero attached hydrogens (tertiary/aromatic N) is 6. The fraction of sp³-hybridized carbons (Fsp3) is 0.243. The van der Waals surface area contributed by atoms with Gasteiger partial charge in [0.15, 0.2) is 5.82 Å². The Hall–Kier alpha value is -5.00. The number of ether oxygens (including phenoxy) is 1. The molecule has 1 amide bonds. The van der Waals surface area contributed by atoms with Crippen LogP contribution >= 0.6 is 19.2 Å². The van der Waals surface area contributed by atoms with Crippen molar-refractivity contribution in [2.45, 2.75) is 38.6 Å². The molecule has 2 aromatic heterocycles. The Morgan fingerprint density at radius 2 is 1.65 bits per heavy atom. The second-order valence-corrected chi connectivity index (χ2v) is 14.2. The summed E-state index contributed by atoms with van der Waals surface area (Å²) in [6, 6.07) is 26.0. The van der Waals surface area contributed by atoms with Gasteiger partial charge in [-0.25, -0.2) is 19.9 Å². The molecule has 1 aliphatic rings. The van der Waals surface area contributed by atoms with Crippen LogP contribution < -0.4 is 15.0 Å². The summed E-state index contributed by atoms with van der Waals surface area (Å²) in [5.74, 6) is 0.917. The van der Waals surface area contributed by atoms with Gasteiger partial charge in [0.2, 0.25) is 5.95 Å². The molecule has 0 aliphatic carbocycles. The molecule has 1 saturated heterocycles. The van der Waals surface area contributed by atoms with Gasteiger partial charge in [0.05, 0.1) is 37.7 Å². The Labute approximate surface area is 301 Å². The van der Waals surface area contributed by atoms with Crippen LogP contribution in [-0.2, 0) is 33.4 Å². The third kappa shape index (κ3) is 9.83. The molecule has 0 bridgehead atoms. The number of amides is 1. The topological polar surface area (TPSA) is 141 Å². The predicted molar refractivity (Wildman–Crippen MR) is 197 cm³/mol. The van der Waals surface area contributed by atoms with Crippen LogP contribution in [0.5, 0.6) is 5.75 Å². The van der Waals surface area contributed by atoms with E-state index >= 15 is 0 Å². The maximum absolute atomic E-state index is 14.4. The summed E-state index contributed by atoms with van der Waals surface area (Å²) in [6.45, 7) is 1.20. The van der Waals surface area contributed by atoms with E-state index in [4.69, 9.17) is 30.4 Å². The SMILES string of the molecule is COc1ccc(CNc2nc(N3CCC[C@H]3CP(=O)(OCc3ccccc3)OCc3ccccc3)ncc2C(=O)N=Cc2ncccn2)cc1Cl. The van der Waals surface area contributed by atoms with Crippen molar-refractivity contribution in [2.75, 3.05) is 30.0 Å². The fourth-order valence-electron chi connectivity index (χ4n) is 5.55. The van der Waals surface area contributed by atoms with E-state index in [1.165, 1.54) is 12.4 Å². The molecule has 1 aliphatic heterocycles. The number of aromatic nitrogens is 4. The van der Waals surface area contributed by atoms with Crippen LogP contribution in [0.4, 0.5) is 11.8 Å². The second-order valence-electron chi connectivity index (χ2n) is 11.7. The van der Waals surface area contributed by atoms with Crippen molar-refractivity contribution in [3.8, 4) is 5.75 Å². The Morgan fingerprint density at radius 1 is 0.961 bits per heavy atom. The van der Waals surface area contributed by atoms with Gasteiger partial charge in [0, 0.05) is 37.7 Å². The lowest BCUT2D eigenvalue weighted by Crippen LogP contribution is -2.34. The van der Waals surface area contributed by atoms with Crippen molar-refractivity contribution in [1.82, 2.24) is 19.9 Å². The van der Waals surface area contributed by atoms with Crippen molar-refractivity contribution in [3.05, 3.63) is 137 Å². The van der Waals surface area contributed by atoms with Gasteiger partial charge in [-0.1, -0.05) is 78.3 Å². The number of methoxy groups -OCH3 is 1. The number of anilines is 2. The molecule has 0 radical (unpaired) electrons. The Morgan fingerprint density at radius 3 is 2.29 bits per heavy atom. The number of halogens is 1. The number of rotatable bonds is 15. The molecule has 3 heterocycles. The zero-order valence-electron chi connectivity index (χ0n) is 28.0. The average molecular weight is 726 g/mol. The lowest BCUT2D eigenvalue weighted by molar-refractivity contribution is 0.100. The predicted octanol–water partition coefficient (Wildman–Crippen LogP) is 7.40. The Bertz CT molecular complexity index is 1940. The van der Waals surface area contributed by atoms with Gasteiger partial charge >= 0.3 is 7.60 Å². The van der Waals surface area contributed by atoms with Gasteiger partial charge < -0.3 is 24.0 Å². The zero-order valence-corrected chi connectivity index (χ0v) is 29.6. The summed E-state index contributed by atoms with van der Waals surface area (Å²) in [4.78, 5) is 37.0. The molecule has 51 heavy (non-hydrogen) atoms. The van der Waals surface area contributed by atoms with Crippen molar-refractivity contribution in [3.63, 3.8) is 0 Å². The van der Waals surface area contributed by atoms with Crippen LogP contribution in [0, 0.1) is 0 Å². The first-order valence-corrected chi connectivity index (χ1v) is 18.5. The van der Waals surface area contributed by atoms with E-state index < -0.39 is 13.5 Å². The van der Waals surface area contributed by atoms with E-state index in [1.54, 1.807) is 37.7 Å². The van der Waals surface area contributed by atoms with Gasteiger partial charge in [-0.05, 0) is 47.7 Å². The average Bonchev–Trinajstić information content (AvgIpc) is 3.63. The van der Waals surface area contributed by atoms with E-state index in [1.807, 2.05) is 71.6 Å². The first-order valence-electron chi connectivity index (χ1n) is 16.4. The van der Waals surface area contributed by atoms with Gasteiger partial charge in [-0.3, -0.25) is 9.36 Å². The Balaban J connectivity index is 1.25. The summed E-state index contributed by atoms with van der Waals surface area (Å²) in [5, 5.41) is 3.73. The third-order valence-electron chi connectivity index (χ3n) is 8.18. The lowest BCUT2D eigenvalue weighted by Gasteiger charge is -2.28. The van der Waals surface area contributed by atoms with E-state index in [2.05, 4.69) is 25.3 Å². The molecule has 14 heteroatoms. The fourth-order valence-corrected chi connectivity index (χ4v) is 7.71. The highest BCUT2D eigenvalue weighted by Crippen LogP contribution is 2.52. The molecule has 1 N–H and O–H groups in total. The van der Waals surface area contributed by atoms with E-state index in [9.17, 15) is 9.36 Å². The van der Waals surface area contributed by atoms with Crippen molar-refractivity contribution in [2.24, 2.45) is 4.99 Å². The van der Waals surface area contributed by atoms with Gasteiger partial charge in [-0.15, -0.1) is 0 Å². The van der Waals surface area contributed by atoms with Gasteiger partial charge in [0.25, 0.3) is 5.91 Å². The summed E-state index contributed by atoms with van der Waals surface area (Å²) < 4.78 is 31.9. The largest absolute Gasteiger partial charge is 0.495 e. The first-order chi connectivity index (χ1) is 24.9. The number of hydrogen-bond acceptors (Lipinski definition) is 11. The minimum Gasteiger partial charge on any atom is -0.495 e. The summed E-state index contributed by atoms with van der Waals surface area (Å²) in [7, 11) is -2.07. The van der Waals surface area contributed by atoms with Crippen LogP contribution in [-0.4, -0.2) is 57.9 Å². The zero-order chi connectivity index (χ0) is 35.5.